The Morgan fingerprint density at radius 3 is 2.76 bits per heavy atom. The second-order valence-corrected chi connectivity index (χ2v) is 4.64. The first-order chi connectivity index (χ1) is 7.95. The summed E-state index contributed by atoms with van der Waals surface area (Å²) in [5.74, 6) is -0.907. The minimum absolute atomic E-state index is 0.0577. The average molecular weight is 256 g/mol. The zero-order valence-electron chi connectivity index (χ0n) is 9.41. The highest BCUT2D eigenvalue weighted by molar-refractivity contribution is 8.00. The van der Waals surface area contributed by atoms with Crippen molar-refractivity contribution in [1.29, 1.82) is 0 Å². The number of carbonyl (C=O) groups is 1. The Balaban J connectivity index is 2.90. The molecule has 0 spiro atoms. The number of aromatic nitrogens is 1. The first-order valence-corrected chi connectivity index (χ1v) is 5.84. The van der Waals surface area contributed by atoms with Gasteiger partial charge in [-0.25, -0.2) is 4.98 Å². The molecule has 1 aromatic heterocycles. The molecule has 1 N–H and O–H groups in total. The van der Waals surface area contributed by atoms with Crippen LogP contribution in [0.3, 0.4) is 0 Å². The highest BCUT2D eigenvalue weighted by atomic mass is 32.2. The lowest BCUT2D eigenvalue weighted by molar-refractivity contribution is -0.385. The van der Waals surface area contributed by atoms with E-state index in [0.29, 0.717) is 17.0 Å². The van der Waals surface area contributed by atoms with Gasteiger partial charge in [0.15, 0.2) is 0 Å². The van der Waals surface area contributed by atoms with Crippen molar-refractivity contribution in [1.82, 2.24) is 4.98 Å². The molecule has 0 aliphatic heterocycles. The van der Waals surface area contributed by atoms with Crippen molar-refractivity contribution in [3.05, 3.63) is 27.9 Å². The van der Waals surface area contributed by atoms with Gasteiger partial charge < -0.3 is 5.11 Å². The zero-order valence-corrected chi connectivity index (χ0v) is 10.2. The van der Waals surface area contributed by atoms with Crippen LogP contribution < -0.4 is 0 Å². The van der Waals surface area contributed by atoms with Crippen molar-refractivity contribution >= 4 is 23.4 Å². The van der Waals surface area contributed by atoms with Gasteiger partial charge in [-0.3, -0.25) is 14.9 Å². The highest BCUT2D eigenvalue weighted by Gasteiger charge is 2.19. The number of nitro groups is 1. The van der Waals surface area contributed by atoms with E-state index in [2.05, 4.69) is 4.98 Å². The molecule has 1 rings (SSSR count). The summed E-state index contributed by atoms with van der Waals surface area (Å²) in [4.78, 5) is 24.8. The van der Waals surface area contributed by atoms with E-state index in [0.717, 1.165) is 18.0 Å². The van der Waals surface area contributed by atoms with E-state index >= 15 is 0 Å². The topological polar surface area (TPSA) is 93.3 Å². The first kappa shape index (κ1) is 13.4. The summed E-state index contributed by atoms with van der Waals surface area (Å²) in [6.07, 6.45) is 1.63. The number of thioether (sulfide) groups is 1. The van der Waals surface area contributed by atoms with Crippen LogP contribution >= 0.6 is 11.8 Å². The summed E-state index contributed by atoms with van der Waals surface area (Å²) in [7, 11) is 0. The molecular formula is C10H12N2O4S. The Labute approximate surface area is 102 Å². The molecule has 17 heavy (non-hydrogen) atoms. The van der Waals surface area contributed by atoms with Gasteiger partial charge in [-0.1, -0.05) is 18.7 Å². The number of rotatable bonds is 5. The van der Waals surface area contributed by atoms with Crippen LogP contribution in [0.1, 0.15) is 18.9 Å². The summed E-state index contributed by atoms with van der Waals surface area (Å²) in [5, 5.41) is 19.4. The largest absolute Gasteiger partial charge is 0.480 e. The Kier molecular flexibility index (Phi) is 4.45. The fraction of sp³-hybridized carbons (Fsp3) is 0.400. The third-order valence-electron chi connectivity index (χ3n) is 2.16. The maximum atomic E-state index is 10.8. The Bertz CT molecular complexity index is 450. The van der Waals surface area contributed by atoms with Gasteiger partial charge in [0, 0.05) is 5.56 Å². The summed E-state index contributed by atoms with van der Waals surface area (Å²) in [6, 6.07) is 1.54. The van der Waals surface area contributed by atoms with E-state index in [4.69, 9.17) is 5.11 Å². The van der Waals surface area contributed by atoms with Crippen molar-refractivity contribution in [3.8, 4) is 0 Å². The van der Waals surface area contributed by atoms with Gasteiger partial charge >= 0.3 is 5.97 Å². The Morgan fingerprint density at radius 2 is 2.35 bits per heavy atom. The molecule has 1 atom stereocenters. The fourth-order valence-corrected chi connectivity index (χ4v) is 2.15. The van der Waals surface area contributed by atoms with Gasteiger partial charge in [0.25, 0.3) is 5.69 Å². The molecule has 0 aliphatic carbocycles. The lowest BCUT2D eigenvalue weighted by Gasteiger charge is -2.08. The van der Waals surface area contributed by atoms with Gasteiger partial charge in [-0.15, -0.1) is 0 Å². The molecule has 0 amide bonds. The van der Waals surface area contributed by atoms with Crippen LogP contribution in [-0.2, 0) is 4.79 Å². The van der Waals surface area contributed by atoms with Crippen molar-refractivity contribution in [2.75, 3.05) is 0 Å². The number of carboxylic acid groups (broad SMARTS) is 1. The fourth-order valence-electron chi connectivity index (χ4n) is 1.23. The van der Waals surface area contributed by atoms with Crippen LogP contribution in [0.25, 0.3) is 0 Å². The van der Waals surface area contributed by atoms with Gasteiger partial charge in [0.2, 0.25) is 0 Å². The third kappa shape index (κ3) is 3.42. The third-order valence-corrected chi connectivity index (χ3v) is 3.45. The minimum atomic E-state index is -0.907. The van der Waals surface area contributed by atoms with E-state index in [9.17, 15) is 14.9 Å². The average Bonchev–Trinajstić information content (AvgIpc) is 2.24. The molecule has 0 saturated carbocycles. The second kappa shape index (κ2) is 5.62. The van der Waals surface area contributed by atoms with E-state index in [1.165, 1.54) is 6.07 Å². The molecule has 6 nitrogen and oxygen atoms in total. The van der Waals surface area contributed by atoms with Crippen LogP contribution in [0, 0.1) is 17.0 Å². The monoisotopic (exact) mass is 256 g/mol. The van der Waals surface area contributed by atoms with Gasteiger partial charge in [-0.2, -0.15) is 0 Å². The maximum absolute atomic E-state index is 10.8. The van der Waals surface area contributed by atoms with Gasteiger partial charge in [-0.05, 0) is 19.4 Å². The number of carboxylic acids is 1. The standard InChI is InChI=1S/C10H12N2O4S/c1-3-8(10(13)14)17-9-4-6(2)7(5-11-9)12(15)16/h4-5,8H,3H2,1-2H3,(H,13,14). The summed E-state index contributed by atoms with van der Waals surface area (Å²) in [6.45, 7) is 3.37. The molecule has 1 heterocycles. The maximum Gasteiger partial charge on any atom is 0.317 e. The smallest absolute Gasteiger partial charge is 0.317 e. The normalized spacial score (nSPS) is 12.1. The van der Waals surface area contributed by atoms with Crippen molar-refractivity contribution in [2.24, 2.45) is 0 Å². The lowest BCUT2D eigenvalue weighted by atomic mass is 10.3. The van der Waals surface area contributed by atoms with Crippen LogP contribution in [0.15, 0.2) is 17.3 Å². The quantitative estimate of drug-likeness (QED) is 0.493. The van der Waals surface area contributed by atoms with Crippen LogP contribution in [0.2, 0.25) is 0 Å². The van der Waals surface area contributed by atoms with E-state index in [-0.39, 0.29) is 5.69 Å². The first-order valence-electron chi connectivity index (χ1n) is 4.96. The van der Waals surface area contributed by atoms with Crippen LogP contribution in [-0.4, -0.2) is 26.2 Å². The Morgan fingerprint density at radius 1 is 1.71 bits per heavy atom. The minimum Gasteiger partial charge on any atom is -0.480 e. The van der Waals surface area contributed by atoms with E-state index < -0.39 is 16.1 Å². The van der Waals surface area contributed by atoms with E-state index in [1.807, 2.05) is 0 Å². The number of aliphatic carboxylic acids is 1. The molecule has 7 heteroatoms. The molecular weight excluding hydrogens is 244 g/mol. The molecule has 1 aromatic rings. The van der Waals surface area contributed by atoms with Crippen LogP contribution in [0.5, 0.6) is 0 Å². The number of aryl methyl sites for hydroxylation is 1. The summed E-state index contributed by atoms with van der Waals surface area (Å²) in [5.41, 5.74) is 0.422. The molecule has 0 bridgehead atoms. The highest BCUT2D eigenvalue weighted by Crippen LogP contribution is 2.27. The van der Waals surface area contributed by atoms with Crippen LogP contribution in [0.4, 0.5) is 5.69 Å². The Hall–Kier alpha value is -1.63. The van der Waals surface area contributed by atoms with Crippen molar-refractivity contribution in [3.63, 3.8) is 0 Å². The number of hydrogen-bond acceptors (Lipinski definition) is 5. The predicted molar refractivity (Wildman–Crippen MR) is 63.2 cm³/mol. The summed E-state index contributed by atoms with van der Waals surface area (Å²) < 4.78 is 0. The molecule has 0 saturated heterocycles. The molecule has 0 aromatic carbocycles. The second-order valence-electron chi connectivity index (χ2n) is 3.42. The molecule has 0 aliphatic rings. The van der Waals surface area contributed by atoms with Crippen molar-refractivity contribution in [2.45, 2.75) is 30.5 Å². The van der Waals surface area contributed by atoms with Crippen molar-refractivity contribution < 1.29 is 14.8 Å². The molecule has 1 unspecified atom stereocenters. The summed E-state index contributed by atoms with van der Waals surface area (Å²) >= 11 is 1.10. The molecule has 0 radical (unpaired) electrons. The molecule has 92 valence electrons. The van der Waals surface area contributed by atoms with Gasteiger partial charge in [0.05, 0.1) is 9.95 Å². The SMILES string of the molecule is CCC(Sc1cc(C)c([N+](=O)[O-])cn1)C(=O)O. The zero-order chi connectivity index (χ0) is 13.0. The predicted octanol–water partition coefficient (Wildman–Crippen LogP) is 2.25. The van der Waals surface area contributed by atoms with E-state index in [1.54, 1.807) is 13.8 Å². The number of nitrogens with zero attached hydrogens (tertiary/aromatic N) is 2. The van der Waals surface area contributed by atoms with Gasteiger partial charge in [0.1, 0.15) is 11.4 Å². The molecule has 0 fully saturated rings. The number of hydrogen-bond donors (Lipinski definition) is 1. The lowest BCUT2D eigenvalue weighted by Crippen LogP contribution is -2.15. The number of pyridine rings is 1.